The Labute approximate surface area is 347 Å². The quantitative estimate of drug-likeness (QED) is 0.0752. The maximum Gasteiger partial charge on any atom is 0.411 e. The molecule has 1 saturated heterocycles. The molecule has 0 radical (unpaired) electrons. The summed E-state index contributed by atoms with van der Waals surface area (Å²) in [4.78, 5) is 34.2. The molecule has 8 nitrogen and oxygen atoms in total. The second kappa shape index (κ2) is 25.4. The van der Waals surface area contributed by atoms with Gasteiger partial charge in [0.25, 0.3) is 5.56 Å². The molecule has 312 valence electrons. The largest absolute Gasteiger partial charge is 0.494 e. The zero-order valence-electron chi connectivity index (χ0n) is 34.9. The predicted molar refractivity (Wildman–Crippen MR) is 236 cm³/mol. The van der Waals surface area contributed by atoms with Crippen molar-refractivity contribution in [3.63, 3.8) is 0 Å². The molecule has 1 fully saturated rings. The Balaban J connectivity index is 1.33. The second-order valence-electron chi connectivity index (χ2n) is 16.0. The van der Waals surface area contributed by atoms with Gasteiger partial charge in [-0.2, -0.15) is 0 Å². The number of carbonyl (C=O) groups excluding carboxylic acids is 1. The van der Waals surface area contributed by atoms with E-state index in [1.807, 2.05) is 61.2 Å². The van der Waals surface area contributed by atoms with Gasteiger partial charge < -0.3 is 19.3 Å². The lowest BCUT2D eigenvalue weighted by Gasteiger charge is -2.36. The highest BCUT2D eigenvalue weighted by Gasteiger charge is 2.26. The van der Waals surface area contributed by atoms with Crippen LogP contribution in [0.5, 0.6) is 5.75 Å². The average Bonchev–Trinajstić information content (AvgIpc) is 3.19. The van der Waals surface area contributed by atoms with Crippen molar-refractivity contribution in [1.82, 2.24) is 14.4 Å². The van der Waals surface area contributed by atoms with Gasteiger partial charge in [-0.1, -0.05) is 134 Å². The van der Waals surface area contributed by atoms with Crippen molar-refractivity contribution in [2.24, 2.45) is 5.92 Å². The Morgan fingerprint density at radius 2 is 1.36 bits per heavy atom. The number of benzene rings is 2. The normalized spacial score (nSPS) is 14.1. The van der Waals surface area contributed by atoms with Crippen LogP contribution < -0.4 is 15.2 Å². The molecule has 1 aliphatic rings. The number of ether oxygens (including phenoxy) is 2. The summed E-state index contributed by atoms with van der Waals surface area (Å²) in [5.41, 5.74) is 1.53. The van der Waals surface area contributed by atoms with E-state index >= 15 is 0 Å². The van der Waals surface area contributed by atoms with Gasteiger partial charge in [0.15, 0.2) is 6.23 Å². The summed E-state index contributed by atoms with van der Waals surface area (Å²) < 4.78 is 14.2. The van der Waals surface area contributed by atoms with Crippen LogP contribution >= 0.6 is 23.2 Å². The number of unbranched alkanes of at least 4 members (excludes halogenated alkanes) is 13. The van der Waals surface area contributed by atoms with Crippen molar-refractivity contribution in [1.29, 1.82) is 0 Å². The van der Waals surface area contributed by atoms with Crippen molar-refractivity contribution < 1.29 is 14.3 Å². The van der Waals surface area contributed by atoms with Gasteiger partial charge in [-0.05, 0) is 67.9 Å². The van der Waals surface area contributed by atoms with Crippen LogP contribution in [0.1, 0.15) is 137 Å². The van der Waals surface area contributed by atoms with Crippen LogP contribution in [0.3, 0.4) is 0 Å². The van der Waals surface area contributed by atoms with Gasteiger partial charge in [-0.25, -0.2) is 4.79 Å². The molecule has 0 bridgehead atoms. The van der Waals surface area contributed by atoms with E-state index in [0.717, 1.165) is 82.3 Å². The van der Waals surface area contributed by atoms with E-state index in [-0.39, 0.29) is 17.6 Å². The number of nitrogens with zero attached hydrogens (tertiary/aromatic N) is 4. The summed E-state index contributed by atoms with van der Waals surface area (Å²) in [6.07, 6.45) is 17.6. The predicted octanol–water partition coefficient (Wildman–Crippen LogP) is 12.4. The standard InChI is InChI=1S/C46H70Cl2N4O4/c1-5-7-9-11-13-15-17-29-51(30-18-16-14-12-10-8-6-2)46(54)56-45(37(3)4)52-42-36-39(26-24-38(42)25-27-43(52)53)55-35-20-19-28-49-31-33-50(34-32-49)41-23-21-22-40(47)44(41)48/h21-27,36-37,45H,5-20,28-35H2,1-4H3. The number of aromatic nitrogens is 1. The Kier molecular flexibility index (Phi) is 20.8. The van der Waals surface area contributed by atoms with E-state index in [1.54, 1.807) is 10.6 Å². The van der Waals surface area contributed by atoms with Crippen LogP contribution in [-0.2, 0) is 4.74 Å². The van der Waals surface area contributed by atoms with Crippen LogP contribution in [0.25, 0.3) is 10.9 Å². The smallest absolute Gasteiger partial charge is 0.411 e. The molecule has 1 unspecified atom stereocenters. The molecule has 1 aromatic heterocycles. The Morgan fingerprint density at radius 1 is 0.750 bits per heavy atom. The molecule has 0 saturated carbocycles. The van der Waals surface area contributed by atoms with E-state index in [1.165, 1.54) is 64.2 Å². The summed E-state index contributed by atoms with van der Waals surface area (Å²) in [7, 11) is 0. The second-order valence-corrected chi connectivity index (χ2v) is 16.8. The molecule has 0 N–H and O–H groups in total. The maximum absolute atomic E-state index is 13.9. The highest BCUT2D eigenvalue weighted by atomic mass is 35.5. The molecule has 56 heavy (non-hydrogen) atoms. The third kappa shape index (κ3) is 14.8. The summed E-state index contributed by atoms with van der Waals surface area (Å²) in [6.45, 7) is 15.2. The lowest BCUT2D eigenvalue weighted by Crippen LogP contribution is -2.46. The summed E-state index contributed by atoms with van der Waals surface area (Å²) in [6, 6.07) is 15.1. The van der Waals surface area contributed by atoms with Gasteiger partial charge in [-0.15, -0.1) is 0 Å². The number of pyridine rings is 1. The van der Waals surface area contributed by atoms with E-state index in [9.17, 15) is 9.59 Å². The van der Waals surface area contributed by atoms with E-state index in [2.05, 4.69) is 23.6 Å². The number of anilines is 1. The van der Waals surface area contributed by atoms with E-state index in [4.69, 9.17) is 32.7 Å². The Hall–Kier alpha value is -2.94. The number of amides is 1. The van der Waals surface area contributed by atoms with Crippen molar-refractivity contribution >= 4 is 45.9 Å². The third-order valence-electron chi connectivity index (χ3n) is 11.1. The monoisotopic (exact) mass is 812 g/mol. The van der Waals surface area contributed by atoms with E-state index < -0.39 is 6.23 Å². The SMILES string of the molecule is CCCCCCCCCN(CCCCCCCCC)C(=O)OC(C(C)C)n1c(=O)ccc2ccc(OCCCCN3CCN(c4cccc(Cl)c4Cl)CC3)cc21. The molecular weight excluding hydrogens is 743 g/mol. The molecule has 0 aliphatic carbocycles. The average molecular weight is 814 g/mol. The summed E-state index contributed by atoms with van der Waals surface area (Å²) in [5.74, 6) is 0.590. The maximum atomic E-state index is 13.9. The molecule has 4 rings (SSSR count). The van der Waals surface area contributed by atoms with Gasteiger partial charge in [0.05, 0.1) is 27.9 Å². The number of rotatable bonds is 26. The van der Waals surface area contributed by atoms with Gasteiger partial charge in [0.2, 0.25) is 0 Å². The number of carbonyl (C=O) groups is 1. The first-order valence-corrected chi connectivity index (χ1v) is 22.6. The zero-order valence-corrected chi connectivity index (χ0v) is 36.4. The fraction of sp³-hybridized carbons (Fsp3) is 0.652. The fourth-order valence-electron chi connectivity index (χ4n) is 7.64. The minimum atomic E-state index is -0.741. The topological polar surface area (TPSA) is 67.2 Å². The van der Waals surface area contributed by atoms with Gasteiger partial charge in [-0.3, -0.25) is 14.3 Å². The highest BCUT2D eigenvalue weighted by Crippen LogP contribution is 2.33. The first-order chi connectivity index (χ1) is 27.2. The van der Waals surface area contributed by atoms with Crippen LogP contribution in [0.4, 0.5) is 10.5 Å². The van der Waals surface area contributed by atoms with Crippen LogP contribution in [0.15, 0.2) is 53.3 Å². The fourth-order valence-corrected chi connectivity index (χ4v) is 8.06. The van der Waals surface area contributed by atoms with Gasteiger partial charge in [0.1, 0.15) is 5.75 Å². The third-order valence-corrected chi connectivity index (χ3v) is 11.9. The van der Waals surface area contributed by atoms with E-state index in [0.29, 0.717) is 41.0 Å². The van der Waals surface area contributed by atoms with Crippen LogP contribution in [0, 0.1) is 5.92 Å². The van der Waals surface area contributed by atoms with Crippen molar-refractivity contribution in [2.45, 2.75) is 137 Å². The number of fused-ring (bicyclic) bond motifs is 1. The van der Waals surface area contributed by atoms with Gasteiger partial charge >= 0.3 is 6.09 Å². The minimum absolute atomic E-state index is 0.116. The summed E-state index contributed by atoms with van der Waals surface area (Å²) >= 11 is 12.7. The first-order valence-electron chi connectivity index (χ1n) is 21.9. The number of halogens is 2. The number of hydrogen-bond donors (Lipinski definition) is 0. The summed E-state index contributed by atoms with van der Waals surface area (Å²) in [5, 5.41) is 2.12. The van der Waals surface area contributed by atoms with Crippen LogP contribution in [-0.4, -0.2) is 72.9 Å². The molecule has 10 heteroatoms. The molecule has 1 atom stereocenters. The lowest BCUT2D eigenvalue weighted by molar-refractivity contribution is 0.00204. The first kappa shape index (κ1) is 45.8. The molecule has 1 aliphatic heterocycles. The highest BCUT2D eigenvalue weighted by molar-refractivity contribution is 6.43. The van der Waals surface area contributed by atoms with Crippen LogP contribution in [0.2, 0.25) is 10.0 Å². The van der Waals surface area contributed by atoms with Gasteiger partial charge in [0, 0.05) is 57.3 Å². The number of hydrogen-bond acceptors (Lipinski definition) is 6. The van der Waals surface area contributed by atoms with Crippen molar-refractivity contribution in [3.05, 3.63) is 68.9 Å². The molecule has 1 amide bonds. The molecular formula is C46H70Cl2N4O4. The van der Waals surface area contributed by atoms with Crippen molar-refractivity contribution in [3.8, 4) is 5.75 Å². The lowest BCUT2D eigenvalue weighted by atomic mass is 10.1. The minimum Gasteiger partial charge on any atom is -0.494 e. The Bertz CT molecular complexity index is 1620. The Morgan fingerprint density at radius 3 is 1.98 bits per heavy atom. The number of piperazine rings is 1. The molecule has 0 spiro atoms. The molecule has 2 aromatic carbocycles. The van der Waals surface area contributed by atoms with Crippen molar-refractivity contribution in [2.75, 3.05) is 57.3 Å². The zero-order chi connectivity index (χ0) is 40.1. The molecule has 3 aromatic rings. The molecule has 2 heterocycles.